The molecule has 0 saturated heterocycles. The summed E-state index contributed by atoms with van der Waals surface area (Å²) in [5, 5.41) is 19.8. The largest absolute Gasteiger partial charge is 0.425 e. The van der Waals surface area contributed by atoms with Crippen molar-refractivity contribution < 1.29 is 10.4 Å². The van der Waals surface area contributed by atoms with Crippen molar-refractivity contribution in [3.63, 3.8) is 0 Å². The van der Waals surface area contributed by atoms with Gasteiger partial charge in [0.15, 0.2) is 5.82 Å². The van der Waals surface area contributed by atoms with E-state index in [1.54, 1.807) is 0 Å². The summed E-state index contributed by atoms with van der Waals surface area (Å²) in [6.45, 7) is 0. The second kappa shape index (κ2) is 2.26. The molecule has 0 radical (unpaired) electrons. The first kappa shape index (κ1) is 6.40. The van der Waals surface area contributed by atoms with Crippen molar-refractivity contribution >= 4 is 5.82 Å². The fourth-order valence-corrected chi connectivity index (χ4v) is 0.490. The summed E-state index contributed by atoms with van der Waals surface area (Å²) >= 11 is 0. The number of nitrogens with two attached hydrogens (primary N) is 1. The van der Waals surface area contributed by atoms with Crippen LogP contribution in [0.4, 0.5) is 5.82 Å². The maximum atomic E-state index is 8.90. The van der Waals surface area contributed by atoms with Crippen LogP contribution in [0, 0.1) is 0 Å². The van der Waals surface area contributed by atoms with Gasteiger partial charge in [-0.3, -0.25) is 4.98 Å². The molecule has 0 unspecified atom stereocenters. The van der Waals surface area contributed by atoms with Crippen LogP contribution in [0.2, 0.25) is 0 Å². The summed E-state index contributed by atoms with van der Waals surface area (Å²) in [6.07, 6.45) is 2.39. The maximum absolute atomic E-state index is 8.90. The van der Waals surface area contributed by atoms with Crippen LogP contribution in [0.5, 0.6) is 0 Å². The molecule has 4 N–H and O–H groups in total. The Labute approximate surface area is 55.8 Å². The summed E-state index contributed by atoms with van der Waals surface area (Å²) in [4.78, 5) is 3.56. The third-order valence-electron chi connectivity index (χ3n) is 0.961. The Hall–Kier alpha value is -1.72. The molecule has 0 aliphatic carbocycles. The van der Waals surface area contributed by atoms with Crippen molar-refractivity contribution in [2.75, 3.05) is 5.73 Å². The molecule has 0 aliphatic heterocycles. The Morgan fingerprint density at radius 1 is 1.60 bits per heavy atom. The number of nitrogen functional groups attached to an aromatic ring is 1. The molecule has 0 fully saturated rings. The monoisotopic (exact) mass is 142 g/mol. The van der Waals surface area contributed by atoms with Crippen LogP contribution in [-0.2, 0) is 0 Å². The summed E-state index contributed by atoms with van der Waals surface area (Å²) in [5.41, 5.74) is 5.06. The predicted octanol–water partition coefficient (Wildman–Crippen LogP) is -1.01. The van der Waals surface area contributed by atoms with Gasteiger partial charge >= 0.3 is 0 Å². The van der Waals surface area contributed by atoms with Crippen molar-refractivity contribution in [2.45, 2.75) is 0 Å². The molecule has 10 heavy (non-hydrogen) atoms. The van der Waals surface area contributed by atoms with E-state index in [0.717, 1.165) is 6.20 Å². The third-order valence-corrected chi connectivity index (χ3v) is 0.961. The minimum absolute atomic E-state index is 0.00954. The lowest BCUT2D eigenvalue weighted by Gasteiger charge is -1.98. The fraction of sp³-hybridized carbons (Fsp3) is 0. The van der Waals surface area contributed by atoms with Gasteiger partial charge in [0.2, 0.25) is 5.49 Å². The summed E-state index contributed by atoms with van der Waals surface area (Å²) in [5.74, 6) is 0.00954. The minimum atomic E-state index is -0.111. The van der Waals surface area contributed by atoms with Crippen molar-refractivity contribution in [1.82, 2.24) is 9.71 Å². The van der Waals surface area contributed by atoms with Gasteiger partial charge in [0.1, 0.15) is 0 Å². The topological polar surface area (TPSA) is 96.7 Å². The highest BCUT2D eigenvalue weighted by molar-refractivity contribution is 5.21. The van der Waals surface area contributed by atoms with E-state index in [1.165, 1.54) is 6.20 Å². The first-order valence-corrected chi connectivity index (χ1v) is 2.45. The van der Waals surface area contributed by atoms with E-state index >= 15 is 0 Å². The van der Waals surface area contributed by atoms with E-state index in [2.05, 4.69) is 10.1 Å². The smallest absolute Gasteiger partial charge is 0.226 e. The number of hydrogen-bond donors (Lipinski definition) is 3. The van der Waals surface area contributed by atoms with E-state index < -0.39 is 0 Å². The summed E-state index contributed by atoms with van der Waals surface area (Å²) in [7, 11) is 0. The number of aromatic nitrogens is 2. The van der Waals surface area contributed by atoms with Crippen molar-refractivity contribution in [1.29, 1.82) is 0 Å². The molecule has 0 aliphatic rings. The lowest BCUT2D eigenvalue weighted by Crippen LogP contribution is -2.21. The molecule has 1 aromatic rings. The van der Waals surface area contributed by atoms with Crippen LogP contribution >= 0.6 is 0 Å². The molecule has 1 heterocycles. The van der Waals surface area contributed by atoms with Crippen LogP contribution in [0.25, 0.3) is 0 Å². The zero-order valence-corrected chi connectivity index (χ0v) is 4.97. The zero-order chi connectivity index (χ0) is 7.56. The molecular weight excluding hydrogens is 136 g/mol. The van der Waals surface area contributed by atoms with E-state index in [0.29, 0.717) is 4.73 Å². The molecule has 0 amide bonds. The van der Waals surface area contributed by atoms with E-state index in [1.807, 2.05) is 0 Å². The first-order chi connectivity index (χ1) is 4.75. The molecule has 6 nitrogen and oxygen atoms in total. The number of nitrogens with zero attached hydrogens (tertiary/aromatic N) is 3. The Kier molecular flexibility index (Phi) is 1.44. The van der Waals surface area contributed by atoms with Crippen LogP contribution in [-0.4, -0.2) is 20.1 Å². The number of rotatable bonds is 0. The second-order valence-electron chi connectivity index (χ2n) is 1.60. The SMILES string of the molecule is Nc1cnc/c(=N/O)n1O. The normalized spacial score (nSPS) is 11.8. The molecule has 0 atom stereocenters. The first-order valence-electron chi connectivity index (χ1n) is 2.45. The zero-order valence-electron chi connectivity index (χ0n) is 4.97. The molecule has 1 rings (SSSR count). The Balaban J connectivity index is 3.43. The summed E-state index contributed by atoms with van der Waals surface area (Å²) < 4.78 is 0.521. The van der Waals surface area contributed by atoms with Crippen LogP contribution in [0.15, 0.2) is 17.5 Å². The molecule has 54 valence electrons. The molecule has 0 spiro atoms. The highest BCUT2D eigenvalue weighted by Crippen LogP contribution is 1.87. The lowest BCUT2D eigenvalue weighted by molar-refractivity contribution is 0.163. The molecule has 1 aromatic heterocycles. The van der Waals surface area contributed by atoms with Crippen LogP contribution in [0.3, 0.4) is 0 Å². The van der Waals surface area contributed by atoms with E-state index in [-0.39, 0.29) is 11.3 Å². The van der Waals surface area contributed by atoms with Gasteiger partial charge in [0.25, 0.3) is 0 Å². The number of anilines is 1. The Morgan fingerprint density at radius 3 is 2.80 bits per heavy atom. The molecule has 0 saturated carbocycles. The standard InChI is InChI=1S/C4H6N4O2/c5-3-1-6-2-4(7-9)8(3)10/h1-2,9-10H,5H2/b7-4-. The van der Waals surface area contributed by atoms with Gasteiger partial charge in [-0.05, 0) is 0 Å². The molecular formula is C4H6N4O2. The van der Waals surface area contributed by atoms with Gasteiger partial charge < -0.3 is 16.1 Å². The molecule has 0 aromatic carbocycles. The van der Waals surface area contributed by atoms with Gasteiger partial charge in [-0.2, -0.15) is 0 Å². The Morgan fingerprint density at radius 2 is 2.30 bits per heavy atom. The Bertz CT molecular complexity index is 292. The predicted molar refractivity (Wildman–Crippen MR) is 31.2 cm³/mol. The van der Waals surface area contributed by atoms with Crippen molar-refractivity contribution in [2.24, 2.45) is 5.16 Å². The molecule has 0 bridgehead atoms. The van der Waals surface area contributed by atoms with Crippen LogP contribution in [0.1, 0.15) is 0 Å². The van der Waals surface area contributed by atoms with Crippen molar-refractivity contribution in [3.8, 4) is 0 Å². The van der Waals surface area contributed by atoms with Crippen molar-refractivity contribution in [3.05, 3.63) is 17.9 Å². The summed E-state index contributed by atoms with van der Waals surface area (Å²) in [6, 6.07) is 0. The van der Waals surface area contributed by atoms with Gasteiger partial charge in [-0.25, -0.2) is 0 Å². The highest BCUT2D eigenvalue weighted by atomic mass is 16.5. The molecule has 6 heteroatoms. The van der Waals surface area contributed by atoms with Gasteiger partial charge in [-0.1, -0.05) is 5.16 Å². The fourth-order valence-electron chi connectivity index (χ4n) is 0.490. The minimum Gasteiger partial charge on any atom is -0.425 e. The highest BCUT2D eigenvalue weighted by Gasteiger charge is 1.93. The van der Waals surface area contributed by atoms with E-state index in [4.69, 9.17) is 16.1 Å². The van der Waals surface area contributed by atoms with Gasteiger partial charge in [0, 0.05) is 0 Å². The quantitative estimate of drug-likeness (QED) is 0.245. The number of hydrogen-bond acceptors (Lipinski definition) is 5. The lowest BCUT2D eigenvalue weighted by atomic mass is 10.7. The average molecular weight is 142 g/mol. The average Bonchev–Trinajstić information content (AvgIpc) is 1.95. The van der Waals surface area contributed by atoms with E-state index in [9.17, 15) is 0 Å². The third kappa shape index (κ3) is 0.859. The van der Waals surface area contributed by atoms with Crippen LogP contribution < -0.4 is 11.2 Å². The van der Waals surface area contributed by atoms with Gasteiger partial charge in [-0.15, -0.1) is 4.73 Å². The van der Waals surface area contributed by atoms with Gasteiger partial charge in [0.05, 0.1) is 12.4 Å². The second-order valence-corrected chi connectivity index (χ2v) is 1.60. The maximum Gasteiger partial charge on any atom is 0.226 e.